The summed E-state index contributed by atoms with van der Waals surface area (Å²) in [6.45, 7) is 14.3. The van der Waals surface area contributed by atoms with Crippen molar-refractivity contribution in [1.82, 2.24) is 13.9 Å². The van der Waals surface area contributed by atoms with Crippen molar-refractivity contribution in [2.75, 3.05) is 11.9 Å². The number of nitrogens with one attached hydrogen (secondary N) is 1. The Bertz CT molecular complexity index is 1270. The van der Waals surface area contributed by atoms with E-state index in [0.717, 1.165) is 40.9 Å². The number of aliphatic hydroxyl groups excluding tert-OH is 1. The third kappa shape index (κ3) is 7.27. The summed E-state index contributed by atoms with van der Waals surface area (Å²) in [5.74, 6) is -0.771. The van der Waals surface area contributed by atoms with Crippen LogP contribution in [-0.4, -0.2) is 42.8 Å². The third-order valence-electron chi connectivity index (χ3n) is 7.20. The van der Waals surface area contributed by atoms with Crippen LogP contribution in [0.1, 0.15) is 114 Å². The Labute approximate surface area is 235 Å². The number of nitriles is 1. The van der Waals surface area contributed by atoms with Crippen LogP contribution >= 0.6 is 12.3 Å². The molecule has 1 aliphatic heterocycles. The molecule has 39 heavy (non-hydrogen) atoms. The van der Waals surface area contributed by atoms with Gasteiger partial charge in [0.05, 0.1) is 35.4 Å². The predicted molar refractivity (Wildman–Crippen MR) is 153 cm³/mol. The van der Waals surface area contributed by atoms with E-state index in [-0.39, 0.29) is 41.8 Å². The van der Waals surface area contributed by atoms with E-state index in [4.69, 9.17) is 15.0 Å². The van der Waals surface area contributed by atoms with Crippen molar-refractivity contribution in [2.45, 2.75) is 97.7 Å². The molecule has 2 aromatic heterocycles. The van der Waals surface area contributed by atoms with Gasteiger partial charge in [0.15, 0.2) is 18.0 Å². The summed E-state index contributed by atoms with van der Waals surface area (Å²) in [6, 6.07) is 5.56. The van der Waals surface area contributed by atoms with Crippen LogP contribution in [0, 0.1) is 16.7 Å². The Balaban J connectivity index is 0.00000205. The molecule has 4 rings (SSSR count). The summed E-state index contributed by atoms with van der Waals surface area (Å²) in [5, 5.41) is 22.0. The molecule has 1 saturated heterocycles. The molecular formula is C29H40FN5O3S. The van der Waals surface area contributed by atoms with Crippen LogP contribution in [0.25, 0.3) is 5.57 Å². The Morgan fingerprint density at radius 1 is 1.26 bits per heavy atom. The molecule has 0 radical (unpaired) electrons. The lowest BCUT2D eigenvalue weighted by Gasteiger charge is -2.46. The van der Waals surface area contributed by atoms with Crippen molar-refractivity contribution in [3.8, 4) is 6.07 Å². The Kier molecular flexibility index (Phi) is 9.63. The summed E-state index contributed by atoms with van der Waals surface area (Å²) >= 11 is -0.192. The van der Waals surface area contributed by atoms with Gasteiger partial charge in [-0.1, -0.05) is 33.8 Å². The first kappa shape index (κ1) is 30.8. The van der Waals surface area contributed by atoms with Gasteiger partial charge in [-0.2, -0.15) is 5.26 Å². The van der Waals surface area contributed by atoms with Crippen LogP contribution in [-0.2, 0) is 4.74 Å². The average molecular weight is 558 g/mol. The lowest BCUT2D eigenvalue weighted by molar-refractivity contribution is -0.187. The zero-order chi connectivity index (χ0) is 29.0. The summed E-state index contributed by atoms with van der Waals surface area (Å²) in [6.07, 6.45) is 7.42. The van der Waals surface area contributed by atoms with Crippen LogP contribution < -0.4 is 5.32 Å². The summed E-state index contributed by atoms with van der Waals surface area (Å²) < 4.78 is 20.5. The van der Waals surface area contributed by atoms with Gasteiger partial charge in [-0.25, -0.2) is 8.96 Å². The molecule has 212 valence electrons. The van der Waals surface area contributed by atoms with E-state index in [1.807, 2.05) is 52.8 Å². The molecule has 2 atom stereocenters. The van der Waals surface area contributed by atoms with E-state index in [2.05, 4.69) is 30.2 Å². The monoisotopic (exact) mass is 557 g/mol. The van der Waals surface area contributed by atoms with Gasteiger partial charge < -0.3 is 15.2 Å². The molecule has 1 fully saturated rings. The minimum absolute atomic E-state index is 0.0460. The quantitative estimate of drug-likeness (QED) is 0.400. The van der Waals surface area contributed by atoms with Crippen molar-refractivity contribution in [3.63, 3.8) is 0 Å². The molecule has 0 spiro atoms. The van der Waals surface area contributed by atoms with E-state index in [1.54, 1.807) is 0 Å². The molecule has 1 amide bonds. The summed E-state index contributed by atoms with van der Waals surface area (Å²) in [4.78, 5) is 22.1. The second kappa shape index (κ2) is 12.2. The van der Waals surface area contributed by atoms with Crippen molar-refractivity contribution < 1.29 is 18.5 Å². The third-order valence-corrected chi connectivity index (χ3v) is 7.63. The van der Waals surface area contributed by atoms with Gasteiger partial charge in [0.25, 0.3) is 5.91 Å². The minimum Gasteiger partial charge on any atom is -0.393 e. The molecule has 1 aliphatic carbocycles. The number of carbonyl (C=O) groups is 1. The van der Waals surface area contributed by atoms with Gasteiger partial charge in [0.2, 0.25) is 5.82 Å². The number of carbonyl (C=O) groups excluding carboxylic acids is 1. The first-order valence-corrected chi connectivity index (χ1v) is 14.2. The van der Waals surface area contributed by atoms with E-state index >= 15 is 0 Å². The fourth-order valence-electron chi connectivity index (χ4n) is 5.38. The molecule has 3 heterocycles. The molecule has 2 N–H and O–H groups in total. The number of aliphatic hydroxyl groups is 1. The fraction of sp³-hybridized carbons (Fsp3) is 0.586. The largest absolute Gasteiger partial charge is 0.393 e. The maximum Gasteiger partial charge on any atom is 0.292 e. The molecule has 2 unspecified atom stereocenters. The lowest BCUT2D eigenvalue weighted by atomic mass is 9.77. The molecule has 0 saturated carbocycles. The zero-order valence-electron chi connectivity index (χ0n) is 24.0. The normalized spacial score (nSPS) is 23.6. The van der Waals surface area contributed by atoms with E-state index in [9.17, 15) is 13.8 Å². The van der Waals surface area contributed by atoms with Crippen molar-refractivity contribution >= 4 is 29.5 Å². The lowest BCUT2D eigenvalue weighted by Crippen LogP contribution is -2.48. The van der Waals surface area contributed by atoms with E-state index in [0.29, 0.717) is 17.8 Å². The first-order valence-electron chi connectivity index (χ1n) is 13.5. The number of nitrogens with zero attached hydrogens (tertiary/aromatic N) is 4. The van der Waals surface area contributed by atoms with Gasteiger partial charge in [-0.15, -0.1) is 3.89 Å². The second-order valence-electron chi connectivity index (χ2n) is 11.7. The second-order valence-corrected chi connectivity index (χ2v) is 12.2. The van der Waals surface area contributed by atoms with Gasteiger partial charge in [-0.05, 0) is 76.0 Å². The number of anilines is 1. The maximum atomic E-state index is 13.4. The Morgan fingerprint density at radius 3 is 2.56 bits per heavy atom. The summed E-state index contributed by atoms with van der Waals surface area (Å²) in [5.41, 5.74) is 2.16. The molecule has 2 aromatic rings. The molecule has 10 heteroatoms. The molecular weight excluding hydrogens is 517 g/mol. The number of hydrogen-bond donors (Lipinski definition) is 2. The number of pyridine rings is 1. The highest BCUT2D eigenvalue weighted by Crippen LogP contribution is 2.44. The van der Waals surface area contributed by atoms with Crippen molar-refractivity contribution in [3.05, 3.63) is 47.3 Å². The molecule has 2 aliphatic rings. The van der Waals surface area contributed by atoms with Crippen LogP contribution in [0.5, 0.6) is 0 Å². The highest BCUT2D eigenvalue weighted by Gasteiger charge is 2.43. The van der Waals surface area contributed by atoms with Crippen molar-refractivity contribution in [1.29, 1.82) is 5.26 Å². The van der Waals surface area contributed by atoms with E-state index < -0.39 is 17.1 Å². The van der Waals surface area contributed by atoms with Gasteiger partial charge >= 0.3 is 0 Å². The van der Waals surface area contributed by atoms with Gasteiger partial charge in [0, 0.05) is 11.6 Å². The Hall–Kier alpha value is -2.74. The van der Waals surface area contributed by atoms with Crippen LogP contribution in [0.4, 0.5) is 9.57 Å². The van der Waals surface area contributed by atoms with Crippen molar-refractivity contribution in [2.24, 2.45) is 5.41 Å². The Morgan fingerprint density at radius 2 is 1.97 bits per heavy atom. The number of amides is 1. The molecule has 0 aromatic carbocycles. The van der Waals surface area contributed by atoms with Gasteiger partial charge in [0.1, 0.15) is 6.07 Å². The van der Waals surface area contributed by atoms with Crippen LogP contribution in [0.2, 0.25) is 0 Å². The van der Waals surface area contributed by atoms with Gasteiger partial charge in [-0.3, -0.25) is 9.78 Å². The summed E-state index contributed by atoms with van der Waals surface area (Å²) in [7, 11) is 0. The number of aromatic nitrogens is 3. The van der Waals surface area contributed by atoms with E-state index in [1.165, 1.54) is 6.20 Å². The molecule has 0 bridgehead atoms. The van der Waals surface area contributed by atoms with Crippen LogP contribution in [0.3, 0.4) is 0 Å². The average Bonchev–Trinajstić information content (AvgIpc) is 3.33. The fourth-order valence-corrected chi connectivity index (χ4v) is 5.71. The predicted octanol–water partition coefficient (Wildman–Crippen LogP) is 6.83. The highest BCUT2D eigenvalue weighted by atomic mass is 32.2. The number of ether oxygens (including phenoxy) is 1. The SMILES string of the molecule is CC.CC1(C)CC=C(c2nc(C3CC(C)(C)OC(C)(CO)C3)ccc2NC(=O)c2nc(C#N)cn2SF)CC1. The minimum atomic E-state index is -0.672. The number of imidazole rings is 1. The topological polar surface area (TPSA) is 113 Å². The maximum absolute atomic E-state index is 13.4. The molecule has 8 nitrogen and oxygen atoms in total. The number of halogens is 1. The zero-order valence-corrected chi connectivity index (χ0v) is 24.8. The first-order chi connectivity index (χ1) is 18.4. The number of allylic oxidation sites excluding steroid dienone is 2. The highest BCUT2D eigenvalue weighted by molar-refractivity contribution is 7.92. The standard InChI is InChI=1S/C27H34FN5O3S.C2H6/c1-25(2)10-8-17(9-11-25)22-21(32-24(35)23-30-19(14-29)15-33(23)37-28)7-6-20(31-22)18-12-26(3,4)36-27(5,13-18)16-34;1-2/h6-8,15,18,34H,9-13,16H2,1-5H3,(H,32,35);1-2H3. The number of hydrogen-bond acceptors (Lipinski definition) is 7. The number of rotatable bonds is 6. The van der Waals surface area contributed by atoms with Crippen LogP contribution in [0.15, 0.2) is 24.4 Å². The smallest absolute Gasteiger partial charge is 0.292 e.